The Hall–Kier alpha value is -0.130. The lowest BCUT2D eigenvalue weighted by atomic mass is 9.93. The van der Waals surface area contributed by atoms with E-state index in [9.17, 15) is 8.42 Å². The zero-order valence-electron chi connectivity index (χ0n) is 9.98. The van der Waals surface area contributed by atoms with Crippen LogP contribution in [0.3, 0.4) is 0 Å². The van der Waals surface area contributed by atoms with Gasteiger partial charge in [-0.25, -0.2) is 12.7 Å². The average Bonchev–Trinajstić information content (AvgIpc) is 2.15. The molecule has 2 fully saturated rings. The molecule has 0 amide bonds. The maximum Gasteiger partial charge on any atom is 0.214 e. The second-order valence-electron chi connectivity index (χ2n) is 5.09. The van der Waals surface area contributed by atoms with Gasteiger partial charge in [0.15, 0.2) is 0 Å². The molecule has 1 heterocycles. The number of hydrogen-bond donors (Lipinski definition) is 1. The zero-order valence-corrected chi connectivity index (χ0v) is 10.8. The zero-order chi connectivity index (χ0) is 11.6. The van der Waals surface area contributed by atoms with Crippen molar-refractivity contribution >= 4 is 10.0 Å². The lowest BCUT2D eigenvalue weighted by molar-refractivity contribution is 0.247. The van der Waals surface area contributed by atoms with Crippen molar-refractivity contribution in [2.75, 3.05) is 25.9 Å². The van der Waals surface area contributed by atoms with E-state index in [1.54, 1.807) is 11.4 Å². The van der Waals surface area contributed by atoms with Gasteiger partial charge in [-0.05, 0) is 44.7 Å². The summed E-state index contributed by atoms with van der Waals surface area (Å²) in [4.78, 5) is 0. The lowest BCUT2D eigenvalue weighted by Gasteiger charge is -2.35. The fourth-order valence-electron chi connectivity index (χ4n) is 2.46. The van der Waals surface area contributed by atoms with Crippen LogP contribution in [0.15, 0.2) is 0 Å². The van der Waals surface area contributed by atoms with Crippen LogP contribution in [0.5, 0.6) is 0 Å². The Labute approximate surface area is 98.4 Å². The van der Waals surface area contributed by atoms with Crippen molar-refractivity contribution in [2.45, 2.75) is 38.1 Å². The first-order valence-corrected chi connectivity index (χ1v) is 7.87. The topological polar surface area (TPSA) is 49.4 Å². The van der Waals surface area contributed by atoms with Gasteiger partial charge in [-0.1, -0.05) is 6.42 Å². The third kappa shape index (κ3) is 2.76. The van der Waals surface area contributed by atoms with Gasteiger partial charge in [-0.15, -0.1) is 0 Å². The number of sulfonamides is 1. The van der Waals surface area contributed by atoms with Crippen molar-refractivity contribution < 1.29 is 8.42 Å². The van der Waals surface area contributed by atoms with Gasteiger partial charge in [-0.3, -0.25) is 0 Å². The van der Waals surface area contributed by atoms with E-state index in [2.05, 4.69) is 5.32 Å². The Morgan fingerprint density at radius 1 is 1.25 bits per heavy atom. The van der Waals surface area contributed by atoms with Crippen molar-refractivity contribution in [1.82, 2.24) is 9.62 Å². The summed E-state index contributed by atoms with van der Waals surface area (Å²) in [5.41, 5.74) is 0. The van der Waals surface area contributed by atoms with Crippen LogP contribution in [-0.4, -0.2) is 44.7 Å². The predicted molar refractivity (Wildman–Crippen MR) is 64.8 cm³/mol. The average molecular weight is 246 g/mol. The van der Waals surface area contributed by atoms with Gasteiger partial charge in [0.25, 0.3) is 0 Å². The normalized spacial score (nSPS) is 28.0. The molecule has 94 valence electrons. The van der Waals surface area contributed by atoms with E-state index < -0.39 is 10.0 Å². The molecule has 0 spiro atoms. The van der Waals surface area contributed by atoms with Gasteiger partial charge < -0.3 is 5.32 Å². The molecule has 2 rings (SSSR count). The number of rotatable bonds is 4. The minimum absolute atomic E-state index is 0.279. The molecular formula is C11H22N2O2S. The summed E-state index contributed by atoms with van der Waals surface area (Å²) in [7, 11) is -1.28. The van der Waals surface area contributed by atoms with Crippen molar-refractivity contribution in [3.63, 3.8) is 0 Å². The minimum atomic E-state index is -3.03. The van der Waals surface area contributed by atoms with Crippen LogP contribution in [0.1, 0.15) is 32.1 Å². The fraction of sp³-hybridized carbons (Fsp3) is 1.00. The molecule has 16 heavy (non-hydrogen) atoms. The largest absolute Gasteiger partial charge is 0.316 e. The van der Waals surface area contributed by atoms with Gasteiger partial charge in [0, 0.05) is 13.1 Å². The third-order valence-corrected chi connectivity index (χ3v) is 5.94. The quantitative estimate of drug-likeness (QED) is 0.798. The van der Waals surface area contributed by atoms with Crippen LogP contribution in [0, 0.1) is 5.92 Å². The highest BCUT2D eigenvalue weighted by molar-refractivity contribution is 7.89. The summed E-state index contributed by atoms with van der Waals surface area (Å²) in [5, 5.41) is 3.27. The summed E-state index contributed by atoms with van der Waals surface area (Å²) in [6, 6.07) is 0.279. The van der Waals surface area contributed by atoms with Crippen molar-refractivity contribution in [2.24, 2.45) is 5.92 Å². The molecule has 0 radical (unpaired) electrons. The summed E-state index contributed by atoms with van der Waals surface area (Å²) in [5.74, 6) is 0.633. The number of piperidine rings is 1. The molecule has 4 nitrogen and oxygen atoms in total. The summed E-state index contributed by atoms with van der Waals surface area (Å²) >= 11 is 0. The molecule has 1 aliphatic heterocycles. The van der Waals surface area contributed by atoms with Crippen LogP contribution in [0.25, 0.3) is 0 Å². The predicted octanol–water partition coefficient (Wildman–Crippen LogP) is 0.800. The van der Waals surface area contributed by atoms with Gasteiger partial charge >= 0.3 is 0 Å². The molecule has 0 aromatic heterocycles. The molecule has 1 saturated heterocycles. The first-order valence-electron chi connectivity index (χ1n) is 6.26. The summed E-state index contributed by atoms with van der Waals surface area (Å²) < 4.78 is 25.9. The van der Waals surface area contributed by atoms with Gasteiger partial charge in [0.05, 0.1) is 5.75 Å². The van der Waals surface area contributed by atoms with Crippen LogP contribution < -0.4 is 5.32 Å². The van der Waals surface area contributed by atoms with Crippen LogP contribution >= 0.6 is 0 Å². The SMILES string of the molecule is CN(C1CCC1)S(=O)(=O)CC1CCCNC1. The molecule has 0 bridgehead atoms. The van der Waals surface area contributed by atoms with Crippen LogP contribution in [-0.2, 0) is 10.0 Å². The number of nitrogens with zero attached hydrogens (tertiary/aromatic N) is 1. The summed E-state index contributed by atoms with van der Waals surface area (Å²) in [6.07, 6.45) is 5.41. The molecule has 5 heteroatoms. The standard InChI is InChI=1S/C11H22N2O2S/c1-13(11-5-2-6-11)16(14,15)9-10-4-3-7-12-8-10/h10-12H,2-9H2,1H3. The maximum absolute atomic E-state index is 12.1. The molecule has 2 aliphatic rings. The van der Waals surface area contributed by atoms with E-state index in [1.807, 2.05) is 0 Å². The number of hydrogen-bond acceptors (Lipinski definition) is 3. The van der Waals surface area contributed by atoms with E-state index in [1.165, 1.54) is 6.42 Å². The molecule has 1 aliphatic carbocycles. The van der Waals surface area contributed by atoms with Crippen molar-refractivity contribution in [1.29, 1.82) is 0 Å². The Balaban J connectivity index is 1.90. The Morgan fingerprint density at radius 2 is 2.00 bits per heavy atom. The van der Waals surface area contributed by atoms with E-state index in [0.717, 1.165) is 38.8 Å². The molecular weight excluding hydrogens is 224 g/mol. The Bertz CT molecular complexity index is 319. The highest BCUT2D eigenvalue weighted by Crippen LogP contribution is 2.26. The highest BCUT2D eigenvalue weighted by Gasteiger charge is 2.32. The molecule has 1 unspecified atom stereocenters. The summed E-state index contributed by atoms with van der Waals surface area (Å²) in [6.45, 7) is 1.90. The molecule has 0 aromatic carbocycles. The molecule has 1 N–H and O–H groups in total. The third-order valence-electron chi connectivity index (χ3n) is 3.87. The fourth-order valence-corrected chi connectivity index (χ4v) is 4.24. The first kappa shape index (κ1) is 12.3. The van der Waals surface area contributed by atoms with E-state index in [0.29, 0.717) is 11.7 Å². The van der Waals surface area contributed by atoms with E-state index in [4.69, 9.17) is 0 Å². The number of nitrogens with one attached hydrogen (secondary N) is 1. The smallest absolute Gasteiger partial charge is 0.214 e. The second kappa shape index (κ2) is 5.02. The van der Waals surface area contributed by atoms with E-state index in [-0.39, 0.29) is 6.04 Å². The molecule has 1 atom stereocenters. The Morgan fingerprint density at radius 3 is 2.50 bits per heavy atom. The van der Waals surface area contributed by atoms with Gasteiger partial charge in [-0.2, -0.15) is 0 Å². The molecule has 0 aromatic rings. The second-order valence-corrected chi connectivity index (χ2v) is 7.16. The Kier molecular flexibility index (Phi) is 3.87. The van der Waals surface area contributed by atoms with Crippen molar-refractivity contribution in [3.05, 3.63) is 0 Å². The maximum atomic E-state index is 12.1. The van der Waals surface area contributed by atoms with Crippen LogP contribution in [0.4, 0.5) is 0 Å². The van der Waals surface area contributed by atoms with Gasteiger partial charge in [0.2, 0.25) is 10.0 Å². The van der Waals surface area contributed by atoms with Gasteiger partial charge in [0.1, 0.15) is 0 Å². The first-order chi connectivity index (χ1) is 7.59. The highest BCUT2D eigenvalue weighted by atomic mass is 32.2. The van der Waals surface area contributed by atoms with E-state index >= 15 is 0 Å². The van der Waals surface area contributed by atoms with Crippen LogP contribution in [0.2, 0.25) is 0 Å². The minimum Gasteiger partial charge on any atom is -0.316 e. The van der Waals surface area contributed by atoms with Crippen molar-refractivity contribution in [3.8, 4) is 0 Å². The lowest BCUT2D eigenvalue weighted by Crippen LogP contribution is -2.45. The monoisotopic (exact) mass is 246 g/mol. The molecule has 1 saturated carbocycles.